The average molecular weight is 169 g/mol. The molecule has 0 radical (unpaired) electrons. The molecule has 70 valence electrons. The zero-order valence-corrected chi connectivity index (χ0v) is 8.48. The fourth-order valence-corrected chi connectivity index (χ4v) is 2.02. The molecule has 0 saturated carbocycles. The molecule has 0 bridgehead atoms. The summed E-state index contributed by atoms with van der Waals surface area (Å²) in [7, 11) is 0. The summed E-state index contributed by atoms with van der Waals surface area (Å²) >= 11 is 0. The van der Waals surface area contributed by atoms with Gasteiger partial charge in [0, 0.05) is 12.5 Å². The fourth-order valence-electron chi connectivity index (χ4n) is 2.02. The second-order valence-corrected chi connectivity index (χ2v) is 4.28. The first kappa shape index (κ1) is 9.56. The smallest absolute Gasteiger partial charge is 0.220 e. The first-order valence-electron chi connectivity index (χ1n) is 4.80. The van der Waals surface area contributed by atoms with Gasteiger partial charge in [-0.25, -0.2) is 0 Å². The van der Waals surface area contributed by atoms with Gasteiger partial charge in [0.1, 0.15) is 0 Å². The van der Waals surface area contributed by atoms with Crippen molar-refractivity contribution in [3.05, 3.63) is 0 Å². The summed E-state index contributed by atoms with van der Waals surface area (Å²) in [4.78, 5) is 11.2. The largest absolute Gasteiger partial charge is 0.353 e. The van der Waals surface area contributed by atoms with Crippen LogP contribution in [0.15, 0.2) is 0 Å². The third kappa shape index (κ3) is 1.35. The summed E-state index contributed by atoms with van der Waals surface area (Å²) in [5.41, 5.74) is 0.172. The topological polar surface area (TPSA) is 29.1 Å². The van der Waals surface area contributed by atoms with Crippen LogP contribution in [0.3, 0.4) is 0 Å². The molecule has 0 aromatic rings. The molecule has 0 aromatic carbocycles. The Morgan fingerprint density at radius 2 is 2.33 bits per heavy atom. The van der Waals surface area contributed by atoms with Crippen molar-refractivity contribution in [1.82, 2.24) is 5.32 Å². The van der Waals surface area contributed by atoms with Crippen molar-refractivity contribution >= 4 is 5.91 Å². The standard InChI is InChI=1S/C10H19NO/c1-5-7(2)10(4)6-9(12)11-8(10)3/h7-8H,5-6H2,1-4H3,(H,11,12). The lowest BCUT2D eigenvalue weighted by molar-refractivity contribution is -0.119. The second-order valence-electron chi connectivity index (χ2n) is 4.28. The minimum absolute atomic E-state index is 0.172. The lowest BCUT2D eigenvalue weighted by atomic mass is 9.72. The van der Waals surface area contributed by atoms with Crippen LogP contribution in [-0.4, -0.2) is 11.9 Å². The average Bonchev–Trinajstić information content (AvgIpc) is 2.26. The Morgan fingerprint density at radius 1 is 1.75 bits per heavy atom. The van der Waals surface area contributed by atoms with Crippen LogP contribution in [0.5, 0.6) is 0 Å². The normalized spacial score (nSPS) is 38.0. The number of amides is 1. The number of carbonyl (C=O) groups is 1. The van der Waals surface area contributed by atoms with Crippen LogP contribution >= 0.6 is 0 Å². The number of hydrogen-bond acceptors (Lipinski definition) is 1. The molecular formula is C10H19NO. The highest BCUT2D eigenvalue weighted by molar-refractivity contribution is 5.79. The van der Waals surface area contributed by atoms with Gasteiger partial charge in [-0.3, -0.25) is 4.79 Å². The number of carbonyl (C=O) groups excluding carboxylic acids is 1. The SMILES string of the molecule is CCC(C)C1(C)CC(=O)NC1C. The third-order valence-corrected chi connectivity index (χ3v) is 3.65. The van der Waals surface area contributed by atoms with E-state index in [2.05, 4.69) is 33.0 Å². The predicted molar refractivity (Wildman–Crippen MR) is 49.8 cm³/mol. The lowest BCUT2D eigenvalue weighted by Gasteiger charge is -2.33. The second kappa shape index (κ2) is 3.08. The van der Waals surface area contributed by atoms with Gasteiger partial charge >= 0.3 is 0 Å². The molecule has 0 spiro atoms. The van der Waals surface area contributed by atoms with Crippen LogP contribution in [0, 0.1) is 11.3 Å². The minimum Gasteiger partial charge on any atom is -0.353 e. The van der Waals surface area contributed by atoms with Gasteiger partial charge in [0.15, 0.2) is 0 Å². The molecule has 3 atom stereocenters. The molecule has 2 heteroatoms. The molecule has 1 heterocycles. The Bertz CT molecular complexity index is 190. The monoisotopic (exact) mass is 169 g/mol. The highest BCUT2D eigenvalue weighted by Crippen LogP contribution is 2.40. The van der Waals surface area contributed by atoms with Gasteiger partial charge in [-0.15, -0.1) is 0 Å². The van der Waals surface area contributed by atoms with Crippen LogP contribution < -0.4 is 5.32 Å². The molecule has 12 heavy (non-hydrogen) atoms. The summed E-state index contributed by atoms with van der Waals surface area (Å²) in [6.45, 7) is 8.74. The van der Waals surface area contributed by atoms with Crippen LogP contribution in [0.4, 0.5) is 0 Å². The Morgan fingerprint density at radius 3 is 2.67 bits per heavy atom. The lowest BCUT2D eigenvalue weighted by Crippen LogP contribution is -2.36. The van der Waals surface area contributed by atoms with E-state index in [0.29, 0.717) is 18.4 Å². The molecule has 0 aromatic heterocycles. The molecule has 1 saturated heterocycles. The Balaban J connectivity index is 2.76. The van der Waals surface area contributed by atoms with E-state index in [1.165, 1.54) is 0 Å². The molecule has 1 aliphatic rings. The van der Waals surface area contributed by atoms with Crippen molar-refractivity contribution in [2.75, 3.05) is 0 Å². The first-order chi connectivity index (χ1) is 5.50. The van der Waals surface area contributed by atoms with Gasteiger partial charge < -0.3 is 5.32 Å². The Kier molecular flexibility index (Phi) is 2.45. The van der Waals surface area contributed by atoms with Crippen LogP contribution in [0.25, 0.3) is 0 Å². The Hall–Kier alpha value is -0.530. The summed E-state index contributed by atoms with van der Waals surface area (Å²) in [6, 6.07) is 0.333. The molecule has 1 N–H and O–H groups in total. The van der Waals surface area contributed by atoms with E-state index in [-0.39, 0.29) is 11.3 Å². The maximum Gasteiger partial charge on any atom is 0.220 e. The van der Waals surface area contributed by atoms with Crippen LogP contribution in [0.2, 0.25) is 0 Å². The predicted octanol–water partition coefficient (Wildman–Crippen LogP) is 1.95. The third-order valence-electron chi connectivity index (χ3n) is 3.65. The molecule has 3 unspecified atom stereocenters. The quantitative estimate of drug-likeness (QED) is 0.672. The van der Waals surface area contributed by atoms with E-state index in [1.807, 2.05) is 0 Å². The number of nitrogens with one attached hydrogen (secondary N) is 1. The summed E-state index contributed by atoms with van der Waals surface area (Å²) in [5, 5.41) is 2.98. The van der Waals surface area contributed by atoms with Crippen molar-refractivity contribution in [3.8, 4) is 0 Å². The maximum atomic E-state index is 11.2. The van der Waals surface area contributed by atoms with Gasteiger partial charge in [-0.05, 0) is 18.3 Å². The van der Waals surface area contributed by atoms with Crippen molar-refractivity contribution < 1.29 is 4.79 Å². The van der Waals surface area contributed by atoms with E-state index in [4.69, 9.17) is 0 Å². The number of hydrogen-bond donors (Lipinski definition) is 1. The summed E-state index contributed by atoms with van der Waals surface area (Å²) in [6.07, 6.45) is 1.85. The molecule has 2 nitrogen and oxygen atoms in total. The van der Waals surface area contributed by atoms with E-state index in [9.17, 15) is 4.79 Å². The van der Waals surface area contributed by atoms with E-state index in [1.54, 1.807) is 0 Å². The van der Waals surface area contributed by atoms with E-state index in [0.717, 1.165) is 6.42 Å². The van der Waals surface area contributed by atoms with Gasteiger partial charge in [0.2, 0.25) is 5.91 Å². The van der Waals surface area contributed by atoms with Gasteiger partial charge in [0.05, 0.1) is 0 Å². The van der Waals surface area contributed by atoms with Crippen molar-refractivity contribution in [3.63, 3.8) is 0 Å². The molecule has 1 aliphatic heterocycles. The highest BCUT2D eigenvalue weighted by Gasteiger charge is 2.43. The maximum absolute atomic E-state index is 11.2. The van der Waals surface area contributed by atoms with Crippen molar-refractivity contribution in [1.29, 1.82) is 0 Å². The van der Waals surface area contributed by atoms with Gasteiger partial charge in [-0.1, -0.05) is 27.2 Å². The summed E-state index contributed by atoms with van der Waals surface area (Å²) < 4.78 is 0. The summed E-state index contributed by atoms with van der Waals surface area (Å²) in [5.74, 6) is 0.830. The molecular weight excluding hydrogens is 150 g/mol. The van der Waals surface area contributed by atoms with Crippen LogP contribution in [-0.2, 0) is 4.79 Å². The Labute approximate surface area is 74.7 Å². The van der Waals surface area contributed by atoms with E-state index < -0.39 is 0 Å². The zero-order chi connectivity index (χ0) is 9.35. The van der Waals surface area contributed by atoms with Gasteiger partial charge in [0.25, 0.3) is 0 Å². The van der Waals surface area contributed by atoms with Gasteiger partial charge in [-0.2, -0.15) is 0 Å². The zero-order valence-electron chi connectivity index (χ0n) is 8.48. The minimum atomic E-state index is 0.172. The molecule has 0 aliphatic carbocycles. The van der Waals surface area contributed by atoms with Crippen molar-refractivity contribution in [2.45, 2.75) is 46.6 Å². The first-order valence-corrected chi connectivity index (χ1v) is 4.80. The molecule has 1 fully saturated rings. The molecule has 1 rings (SSSR count). The van der Waals surface area contributed by atoms with E-state index >= 15 is 0 Å². The molecule has 1 amide bonds. The number of rotatable bonds is 2. The van der Waals surface area contributed by atoms with Crippen molar-refractivity contribution in [2.24, 2.45) is 11.3 Å². The van der Waals surface area contributed by atoms with Crippen LogP contribution in [0.1, 0.15) is 40.5 Å². The highest BCUT2D eigenvalue weighted by atomic mass is 16.2. The fraction of sp³-hybridized carbons (Fsp3) is 0.900.